The summed E-state index contributed by atoms with van der Waals surface area (Å²) in [5.74, 6) is 0.442. The average molecular weight is 352 g/mol. The number of benzene rings is 2. The molecule has 0 saturated heterocycles. The van der Waals surface area contributed by atoms with Gasteiger partial charge in [-0.15, -0.1) is 5.10 Å². The summed E-state index contributed by atoms with van der Waals surface area (Å²) in [4.78, 5) is 24.8. The molecule has 1 unspecified atom stereocenters. The number of fused-ring (bicyclic) bond motifs is 1. The van der Waals surface area contributed by atoms with Crippen molar-refractivity contribution in [3.8, 4) is 5.75 Å². The average Bonchev–Trinajstić information content (AvgIpc) is 2.64. The van der Waals surface area contributed by atoms with E-state index in [1.165, 1.54) is 0 Å². The van der Waals surface area contributed by atoms with Gasteiger partial charge in [-0.2, -0.15) is 0 Å². The first-order valence-electron chi connectivity index (χ1n) is 8.26. The van der Waals surface area contributed by atoms with Gasteiger partial charge >= 0.3 is 0 Å². The molecule has 0 saturated carbocycles. The molecule has 134 valence electrons. The molecule has 0 bridgehead atoms. The summed E-state index contributed by atoms with van der Waals surface area (Å²) in [6.07, 6.45) is 0. The van der Waals surface area contributed by atoms with Crippen LogP contribution in [-0.4, -0.2) is 28.0 Å². The maximum Gasteiger partial charge on any atom is 0.278 e. The summed E-state index contributed by atoms with van der Waals surface area (Å²) >= 11 is 0. The molecule has 0 fully saturated rings. The molecule has 2 aromatic carbocycles. The third-order valence-electron chi connectivity index (χ3n) is 4.24. The third-order valence-corrected chi connectivity index (χ3v) is 4.24. The van der Waals surface area contributed by atoms with Gasteiger partial charge in [0.05, 0.1) is 18.5 Å². The van der Waals surface area contributed by atoms with Crippen LogP contribution in [0.5, 0.6) is 5.75 Å². The Morgan fingerprint density at radius 3 is 2.65 bits per heavy atom. The van der Waals surface area contributed by atoms with Crippen molar-refractivity contribution in [1.29, 1.82) is 0 Å². The number of carbonyl (C=O) groups excluding carboxylic acids is 1. The number of carbonyl (C=O) groups is 1. The van der Waals surface area contributed by atoms with Gasteiger partial charge in [-0.05, 0) is 43.2 Å². The van der Waals surface area contributed by atoms with Crippen LogP contribution < -0.4 is 15.6 Å². The lowest BCUT2D eigenvalue weighted by Gasteiger charge is -2.15. The van der Waals surface area contributed by atoms with Crippen LogP contribution in [0.15, 0.2) is 47.3 Å². The molecular formula is C19H20N4O3. The predicted molar refractivity (Wildman–Crippen MR) is 98.1 cm³/mol. The molecule has 1 heterocycles. The van der Waals surface area contributed by atoms with Gasteiger partial charge in [-0.3, -0.25) is 9.59 Å². The van der Waals surface area contributed by atoms with Gasteiger partial charge in [-0.1, -0.05) is 29.5 Å². The Kier molecular flexibility index (Phi) is 4.97. The van der Waals surface area contributed by atoms with Crippen molar-refractivity contribution < 1.29 is 9.53 Å². The molecule has 7 nitrogen and oxygen atoms in total. The van der Waals surface area contributed by atoms with E-state index in [9.17, 15) is 9.59 Å². The fourth-order valence-corrected chi connectivity index (χ4v) is 2.75. The van der Waals surface area contributed by atoms with E-state index in [0.29, 0.717) is 10.9 Å². The van der Waals surface area contributed by atoms with Crippen molar-refractivity contribution >= 4 is 16.8 Å². The van der Waals surface area contributed by atoms with Crippen molar-refractivity contribution in [3.05, 3.63) is 63.9 Å². The Balaban J connectivity index is 1.74. The molecule has 0 radical (unpaired) electrons. The Morgan fingerprint density at radius 2 is 1.96 bits per heavy atom. The zero-order valence-electron chi connectivity index (χ0n) is 14.9. The largest absolute Gasteiger partial charge is 0.497 e. The van der Waals surface area contributed by atoms with Crippen molar-refractivity contribution in [2.45, 2.75) is 26.4 Å². The van der Waals surface area contributed by atoms with E-state index in [1.807, 2.05) is 44.2 Å². The van der Waals surface area contributed by atoms with Crippen LogP contribution in [0.2, 0.25) is 0 Å². The van der Waals surface area contributed by atoms with E-state index < -0.39 is 0 Å². The summed E-state index contributed by atoms with van der Waals surface area (Å²) in [5.41, 5.74) is 2.04. The number of hydrogen-bond donors (Lipinski definition) is 1. The van der Waals surface area contributed by atoms with E-state index in [0.717, 1.165) is 21.6 Å². The van der Waals surface area contributed by atoms with Crippen molar-refractivity contribution in [1.82, 2.24) is 20.3 Å². The molecule has 26 heavy (non-hydrogen) atoms. The molecule has 3 aromatic rings. The molecular weight excluding hydrogens is 332 g/mol. The van der Waals surface area contributed by atoms with Gasteiger partial charge in [0, 0.05) is 0 Å². The molecule has 1 aromatic heterocycles. The van der Waals surface area contributed by atoms with Gasteiger partial charge in [0.2, 0.25) is 5.91 Å². The van der Waals surface area contributed by atoms with Crippen molar-refractivity contribution in [2.24, 2.45) is 0 Å². The first-order chi connectivity index (χ1) is 12.5. The Hall–Kier alpha value is -3.22. The second kappa shape index (κ2) is 7.35. The Bertz CT molecular complexity index is 996. The first-order valence-corrected chi connectivity index (χ1v) is 8.26. The number of aryl methyl sites for hydroxylation is 1. The summed E-state index contributed by atoms with van der Waals surface area (Å²) in [7, 11) is 1.60. The Morgan fingerprint density at radius 1 is 1.23 bits per heavy atom. The van der Waals surface area contributed by atoms with E-state index in [1.54, 1.807) is 19.2 Å². The number of hydrogen-bond acceptors (Lipinski definition) is 5. The normalized spacial score (nSPS) is 12.0. The van der Waals surface area contributed by atoms with Gasteiger partial charge in [0.15, 0.2) is 0 Å². The predicted octanol–water partition coefficient (Wildman–Crippen LogP) is 1.99. The smallest absolute Gasteiger partial charge is 0.278 e. The lowest BCUT2D eigenvalue weighted by Crippen LogP contribution is -2.35. The van der Waals surface area contributed by atoms with Gasteiger partial charge in [0.1, 0.15) is 17.8 Å². The van der Waals surface area contributed by atoms with Gasteiger partial charge in [-0.25, -0.2) is 4.68 Å². The lowest BCUT2D eigenvalue weighted by atomic mass is 10.1. The van der Waals surface area contributed by atoms with Crippen molar-refractivity contribution in [3.63, 3.8) is 0 Å². The molecule has 0 aliphatic heterocycles. The summed E-state index contributed by atoms with van der Waals surface area (Å²) in [5, 5.41) is 11.3. The molecule has 0 aliphatic carbocycles. The Labute approximate surface area is 150 Å². The van der Waals surface area contributed by atoms with E-state index >= 15 is 0 Å². The zero-order chi connectivity index (χ0) is 18.7. The molecule has 1 N–H and O–H groups in total. The van der Waals surface area contributed by atoms with E-state index in [-0.39, 0.29) is 24.1 Å². The second-order valence-corrected chi connectivity index (χ2v) is 6.09. The highest BCUT2D eigenvalue weighted by molar-refractivity contribution is 5.80. The molecule has 1 atom stereocenters. The zero-order valence-corrected chi connectivity index (χ0v) is 14.9. The molecule has 3 rings (SSSR count). The maximum atomic E-state index is 12.5. The number of methoxy groups -OCH3 is 1. The number of amides is 1. The summed E-state index contributed by atoms with van der Waals surface area (Å²) < 4.78 is 6.21. The number of rotatable bonds is 5. The SMILES string of the molecule is COc1ccc(C(C)NC(=O)Cn2nnc3c(C)cccc3c2=O)cc1. The minimum atomic E-state index is -0.328. The van der Waals surface area contributed by atoms with Crippen LogP contribution in [0.25, 0.3) is 10.9 Å². The first kappa shape index (κ1) is 17.6. The molecule has 1 amide bonds. The van der Waals surface area contributed by atoms with Crippen LogP contribution in [0.3, 0.4) is 0 Å². The molecule has 0 spiro atoms. The van der Waals surface area contributed by atoms with Crippen LogP contribution in [-0.2, 0) is 11.3 Å². The van der Waals surface area contributed by atoms with Crippen LogP contribution >= 0.6 is 0 Å². The topological polar surface area (TPSA) is 86.1 Å². The van der Waals surface area contributed by atoms with Crippen LogP contribution in [0.1, 0.15) is 24.1 Å². The highest BCUT2D eigenvalue weighted by Gasteiger charge is 2.13. The van der Waals surface area contributed by atoms with E-state index in [2.05, 4.69) is 15.6 Å². The van der Waals surface area contributed by atoms with Gasteiger partial charge in [0.25, 0.3) is 5.56 Å². The summed E-state index contributed by atoms with van der Waals surface area (Å²) in [6.45, 7) is 3.55. The fraction of sp³-hybridized carbons (Fsp3) is 0.263. The quantitative estimate of drug-likeness (QED) is 0.759. The summed E-state index contributed by atoms with van der Waals surface area (Å²) in [6, 6.07) is 12.6. The number of nitrogens with zero attached hydrogens (tertiary/aromatic N) is 3. The fourth-order valence-electron chi connectivity index (χ4n) is 2.75. The number of nitrogens with one attached hydrogen (secondary N) is 1. The standard InChI is InChI=1S/C19H20N4O3/c1-12-5-4-6-16-18(12)21-22-23(19(16)25)11-17(24)20-13(2)14-7-9-15(26-3)10-8-14/h4-10,13H,11H2,1-3H3,(H,20,24). The van der Waals surface area contributed by atoms with Crippen molar-refractivity contribution in [2.75, 3.05) is 7.11 Å². The highest BCUT2D eigenvalue weighted by atomic mass is 16.5. The third kappa shape index (κ3) is 3.56. The molecule has 7 heteroatoms. The monoisotopic (exact) mass is 352 g/mol. The highest BCUT2D eigenvalue weighted by Crippen LogP contribution is 2.17. The molecule has 0 aliphatic rings. The number of ether oxygens (including phenoxy) is 1. The minimum absolute atomic E-state index is 0.184. The van der Waals surface area contributed by atoms with Gasteiger partial charge < -0.3 is 10.1 Å². The minimum Gasteiger partial charge on any atom is -0.497 e. The van der Waals surface area contributed by atoms with E-state index in [4.69, 9.17) is 4.74 Å². The van der Waals surface area contributed by atoms with Crippen LogP contribution in [0, 0.1) is 6.92 Å². The lowest BCUT2D eigenvalue weighted by molar-refractivity contribution is -0.122. The second-order valence-electron chi connectivity index (χ2n) is 6.09. The number of aromatic nitrogens is 3. The maximum absolute atomic E-state index is 12.5. The van der Waals surface area contributed by atoms with Crippen LogP contribution in [0.4, 0.5) is 0 Å².